The van der Waals surface area contributed by atoms with E-state index in [1.54, 1.807) is 12.1 Å². The highest BCUT2D eigenvalue weighted by atomic mass is 16.6. The van der Waals surface area contributed by atoms with Crippen molar-refractivity contribution in [3.63, 3.8) is 0 Å². The third-order valence-corrected chi connectivity index (χ3v) is 3.78. The second-order valence-corrected chi connectivity index (χ2v) is 5.60. The normalized spacial score (nSPS) is 22.5. The number of nitro benzene ring substituents is 1. The fourth-order valence-corrected chi connectivity index (χ4v) is 2.78. The lowest BCUT2D eigenvalue weighted by atomic mass is 9.89. The fourth-order valence-electron chi connectivity index (χ4n) is 2.78. The maximum absolute atomic E-state index is 11.2. The van der Waals surface area contributed by atoms with Crippen LogP contribution in [-0.4, -0.2) is 18.1 Å². The van der Waals surface area contributed by atoms with Crippen molar-refractivity contribution in [2.45, 2.75) is 45.3 Å². The summed E-state index contributed by atoms with van der Waals surface area (Å²) in [5, 5.41) is 14.2. The number of nitrogens with zero attached hydrogens (tertiary/aromatic N) is 1. The van der Waals surface area contributed by atoms with Crippen LogP contribution in [0.3, 0.4) is 0 Å². The molecule has 1 fully saturated rings. The second-order valence-electron chi connectivity index (χ2n) is 5.60. The van der Waals surface area contributed by atoms with Crippen LogP contribution in [0.1, 0.15) is 38.2 Å². The Kier molecular flexibility index (Phi) is 4.95. The van der Waals surface area contributed by atoms with E-state index in [1.165, 1.54) is 6.42 Å². The topological polar surface area (TPSA) is 64.4 Å². The number of nitro groups is 1. The van der Waals surface area contributed by atoms with Gasteiger partial charge in [-0.15, -0.1) is 0 Å². The van der Waals surface area contributed by atoms with Gasteiger partial charge in [0.05, 0.1) is 11.0 Å². The van der Waals surface area contributed by atoms with E-state index in [1.807, 2.05) is 13.1 Å². The lowest BCUT2D eigenvalue weighted by molar-refractivity contribution is -0.386. The van der Waals surface area contributed by atoms with Crippen LogP contribution in [0, 0.1) is 16.0 Å². The summed E-state index contributed by atoms with van der Waals surface area (Å²) >= 11 is 0. The molecule has 5 nitrogen and oxygen atoms in total. The fraction of sp³-hybridized carbons (Fsp3) is 0.600. The zero-order chi connectivity index (χ0) is 14.5. The van der Waals surface area contributed by atoms with Crippen molar-refractivity contribution < 1.29 is 9.66 Å². The maximum Gasteiger partial charge on any atom is 0.311 e. The Bertz CT molecular complexity index is 476. The lowest BCUT2D eigenvalue weighted by Crippen LogP contribution is -2.24. The summed E-state index contributed by atoms with van der Waals surface area (Å²) in [6.07, 6.45) is 4.43. The quantitative estimate of drug-likeness (QED) is 0.663. The van der Waals surface area contributed by atoms with E-state index in [0.717, 1.165) is 24.8 Å². The van der Waals surface area contributed by atoms with Crippen molar-refractivity contribution >= 4 is 5.69 Å². The average molecular weight is 278 g/mol. The molecule has 2 unspecified atom stereocenters. The highest BCUT2D eigenvalue weighted by Crippen LogP contribution is 2.33. The molecule has 2 rings (SSSR count). The van der Waals surface area contributed by atoms with Gasteiger partial charge in [-0.2, -0.15) is 0 Å². The van der Waals surface area contributed by atoms with Crippen LogP contribution >= 0.6 is 0 Å². The molecule has 0 spiro atoms. The smallest absolute Gasteiger partial charge is 0.311 e. The number of ether oxygens (including phenoxy) is 1. The van der Waals surface area contributed by atoms with Gasteiger partial charge in [0.2, 0.25) is 0 Å². The van der Waals surface area contributed by atoms with Crippen molar-refractivity contribution in [2.75, 3.05) is 7.05 Å². The van der Waals surface area contributed by atoms with E-state index in [0.29, 0.717) is 18.2 Å². The summed E-state index contributed by atoms with van der Waals surface area (Å²) in [5.41, 5.74) is 0.958. The molecule has 0 saturated heterocycles. The molecule has 0 radical (unpaired) electrons. The Morgan fingerprint density at radius 2 is 2.25 bits per heavy atom. The highest BCUT2D eigenvalue weighted by Gasteiger charge is 2.24. The van der Waals surface area contributed by atoms with E-state index in [9.17, 15) is 10.1 Å². The Morgan fingerprint density at radius 3 is 2.90 bits per heavy atom. The summed E-state index contributed by atoms with van der Waals surface area (Å²) in [6, 6.07) is 5.20. The standard InChI is InChI=1S/C15H22N2O3/c1-11-4-3-5-13(8-11)20-15-7-6-12(10-16-2)9-14(15)17(18)19/h6-7,9,11,13,16H,3-5,8,10H2,1-2H3. The number of hydrogen-bond donors (Lipinski definition) is 1. The molecular weight excluding hydrogens is 256 g/mol. The van der Waals surface area contributed by atoms with Crippen LogP contribution in [0.2, 0.25) is 0 Å². The molecule has 0 aliphatic heterocycles. The molecule has 1 aliphatic carbocycles. The minimum absolute atomic E-state index is 0.0657. The van der Waals surface area contributed by atoms with E-state index in [-0.39, 0.29) is 16.7 Å². The van der Waals surface area contributed by atoms with E-state index < -0.39 is 0 Å². The van der Waals surface area contributed by atoms with Crippen molar-refractivity contribution in [1.29, 1.82) is 0 Å². The molecule has 0 amide bonds. The molecule has 0 bridgehead atoms. The molecule has 0 aromatic heterocycles. The molecule has 0 heterocycles. The van der Waals surface area contributed by atoms with Crippen LogP contribution in [0.15, 0.2) is 18.2 Å². The Hall–Kier alpha value is -1.62. The minimum atomic E-state index is -0.360. The molecule has 1 saturated carbocycles. The second kappa shape index (κ2) is 6.70. The van der Waals surface area contributed by atoms with Gasteiger partial charge in [0, 0.05) is 12.6 Å². The SMILES string of the molecule is CNCc1ccc(OC2CCCC(C)C2)c([N+](=O)[O-])c1. The van der Waals surface area contributed by atoms with Crippen molar-refractivity contribution in [2.24, 2.45) is 5.92 Å². The van der Waals surface area contributed by atoms with Gasteiger partial charge >= 0.3 is 5.69 Å². The zero-order valence-corrected chi connectivity index (χ0v) is 12.1. The third-order valence-electron chi connectivity index (χ3n) is 3.78. The predicted molar refractivity (Wildman–Crippen MR) is 77.9 cm³/mol. The Balaban J connectivity index is 2.15. The van der Waals surface area contributed by atoms with E-state index >= 15 is 0 Å². The number of rotatable bonds is 5. The average Bonchev–Trinajstić information content (AvgIpc) is 2.40. The van der Waals surface area contributed by atoms with Gasteiger partial charge in [-0.25, -0.2) is 0 Å². The van der Waals surface area contributed by atoms with Crippen LogP contribution in [0.5, 0.6) is 5.75 Å². The molecule has 20 heavy (non-hydrogen) atoms. The first-order chi connectivity index (χ1) is 9.60. The molecule has 1 N–H and O–H groups in total. The summed E-state index contributed by atoms with van der Waals surface area (Å²) in [5.74, 6) is 1.03. The van der Waals surface area contributed by atoms with Crippen molar-refractivity contribution in [3.05, 3.63) is 33.9 Å². The van der Waals surface area contributed by atoms with Gasteiger partial charge in [0.25, 0.3) is 0 Å². The van der Waals surface area contributed by atoms with Gasteiger partial charge in [-0.3, -0.25) is 10.1 Å². The molecule has 5 heteroatoms. The molecule has 110 valence electrons. The Morgan fingerprint density at radius 1 is 1.45 bits per heavy atom. The van der Waals surface area contributed by atoms with Gasteiger partial charge in [-0.1, -0.05) is 19.4 Å². The molecule has 1 aromatic carbocycles. The number of benzene rings is 1. The van der Waals surface area contributed by atoms with E-state index in [2.05, 4.69) is 12.2 Å². The summed E-state index contributed by atoms with van der Waals surface area (Å²) in [7, 11) is 1.82. The van der Waals surface area contributed by atoms with Crippen LogP contribution in [0.4, 0.5) is 5.69 Å². The van der Waals surface area contributed by atoms with E-state index in [4.69, 9.17) is 4.74 Å². The van der Waals surface area contributed by atoms with Gasteiger partial charge in [0.15, 0.2) is 5.75 Å². The molecular formula is C15H22N2O3. The molecule has 2 atom stereocenters. The summed E-state index contributed by atoms with van der Waals surface area (Å²) in [4.78, 5) is 10.8. The predicted octanol–water partition coefficient (Wildman–Crippen LogP) is 3.27. The summed E-state index contributed by atoms with van der Waals surface area (Å²) < 4.78 is 5.89. The van der Waals surface area contributed by atoms with Crippen molar-refractivity contribution in [1.82, 2.24) is 5.32 Å². The van der Waals surface area contributed by atoms with Crippen molar-refractivity contribution in [3.8, 4) is 5.75 Å². The van der Waals surface area contributed by atoms with Gasteiger partial charge in [0.1, 0.15) is 0 Å². The van der Waals surface area contributed by atoms with Gasteiger partial charge < -0.3 is 10.1 Å². The van der Waals surface area contributed by atoms with Gasteiger partial charge in [-0.05, 0) is 43.9 Å². The highest BCUT2D eigenvalue weighted by molar-refractivity contribution is 5.48. The summed E-state index contributed by atoms with van der Waals surface area (Å²) in [6.45, 7) is 2.82. The first kappa shape index (κ1) is 14.8. The zero-order valence-electron chi connectivity index (χ0n) is 12.1. The third kappa shape index (κ3) is 3.70. The first-order valence-corrected chi connectivity index (χ1v) is 7.18. The van der Waals surface area contributed by atoms with Crippen LogP contribution < -0.4 is 10.1 Å². The lowest BCUT2D eigenvalue weighted by Gasteiger charge is -2.27. The first-order valence-electron chi connectivity index (χ1n) is 7.18. The molecule has 1 aliphatic rings. The Labute approximate surface area is 119 Å². The number of hydrogen-bond acceptors (Lipinski definition) is 4. The maximum atomic E-state index is 11.2. The van der Waals surface area contributed by atoms with Crippen LogP contribution in [0.25, 0.3) is 0 Å². The minimum Gasteiger partial charge on any atom is -0.483 e. The monoisotopic (exact) mass is 278 g/mol. The number of nitrogens with one attached hydrogen (secondary N) is 1. The molecule has 1 aromatic rings. The van der Waals surface area contributed by atoms with Crippen LogP contribution in [-0.2, 0) is 6.54 Å². The largest absolute Gasteiger partial charge is 0.483 e.